The predicted molar refractivity (Wildman–Crippen MR) is 105 cm³/mol. The van der Waals surface area contributed by atoms with Gasteiger partial charge in [-0.1, -0.05) is 24.3 Å². The summed E-state index contributed by atoms with van der Waals surface area (Å²) in [4.78, 5) is 14.6. The number of amidine groups is 1. The van der Waals surface area contributed by atoms with Crippen molar-refractivity contribution in [2.75, 3.05) is 19.7 Å². The summed E-state index contributed by atoms with van der Waals surface area (Å²) < 4.78 is 47.4. The molecule has 0 unspecified atom stereocenters. The van der Waals surface area contributed by atoms with Crippen LogP contribution >= 0.6 is 0 Å². The van der Waals surface area contributed by atoms with E-state index in [9.17, 15) is 17.6 Å². The first kappa shape index (κ1) is 19.4. The van der Waals surface area contributed by atoms with Crippen molar-refractivity contribution in [1.29, 1.82) is 0 Å². The Morgan fingerprint density at radius 2 is 1.97 bits per heavy atom. The van der Waals surface area contributed by atoms with Gasteiger partial charge in [0.1, 0.15) is 17.5 Å². The fourth-order valence-electron chi connectivity index (χ4n) is 3.60. The van der Waals surface area contributed by atoms with E-state index in [4.69, 9.17) is 4.74 Å². The number of halogens is 1. The molecule has 2 aromatic carbocycles. The highest BCUT2D eigenvalue weighted by Crippen LogP contribution is 2.31. The minimum absolute atomic E-state index is 0.123. The summed E-state index contributed by atoms with van der Waals surface area (Å²) in [7, 11) is -3.74. The molecule has 0 radical (unpaired) electrons. The normalized spacial score (nSPS) is 19.6. The van der Waals surface area contributed by atoms with Gasteiger partial charge in [-0.3, -0.25) is 4.79 Å². The van der Waals surface area contributed by atoms with Gasteiger partial charge < -0.3 is 15.0 Å². The van der Waals surface area contributed by atoms with Gasteiger partial charge in [0.05, 0.1) is 6.54 Å². The van der Waals surface area contributed by atoms with Gasteiger partial charge in [0.2, 0.25) is 5.91 Å². The number of nitrogens with one attached hydrogen (secondary N) is 1. The molecular formula is C20H20FN3O4S. The second-order valence-electron chi connectivity index (χ2n) is 6.81. The Kier molecular flexibility index (Phi) is 5.23. The number of para-hydroxylation sites is 1. The Morgan fingerprint density at radius 3 is 2.79 bits per heavy atom. The molecule has 0 aliphatic carbocycles. The minimum Gasteiger partial charge on any atom is -0.489 e. The van der Waals surface area contributed by atoms with Gasteiger partial charge in [0.15, 0.2) is 17.4 Å². The van der Waals surface area contributed by atoms with Gasteiger partial charge in [-0.15, -0.1) is 4.40 Å². The Morgan fingerprint density at radius 1 is 1.21 bits per heavy atom. The van der Waals surface area contributed by atoms with Crippen LogP contribution in [-0.4, -0.2) is 50.8 Å². The number of nitrogens with zero attached hydrogens (tertiary/aromatic N) is 2. The van der Waals surface area contributed by atoms with E-state index in [2.05, 4.69) is 9.71 Å². The van der Waals surface area contributed by atoms with Crippen LogP contribution in [0.25, 0.3) is 0 Å². The fourth-order valence-corrected chi connectivity index (χ4v) is 4.82. The molecule has 2 aliphatic rings. The number of fused-ring (bicyclic) bond motifs is 1. The van der Waals surface area contributed by atoms with Gasteiger partial charge in [-0.25, -0.2) is 4.39 Å². The Hall–Kier alpha value is -2.94. The van der Waals surface area contributed by atoms with Crippen LogP contribution in [0.5, 0.6) is 5.75 Å². The SMILES string of the molecule is O=C(NCCOc1ccccc1F)[C@@H]1CCCN1C1=NS(=O)(=O)c2ccccc21. The van der Waals surface area contributed by atoms with Crippen LogP contribution in [0.1, 0.15) is 18.4 Å². The standard InChI is InChI=1S/C20H20FN3O4S/c21-15-7-2-3-9-17(15)28-13-11-22-20(25)16-8-5-12-24(16)19-14-6-1-4-10-18(14)29(26,27)23-19/h1-4,6-7,9-10,16H,5,8,11-13H2,(H,22,25)/t16-/m0/s1. The van der Waals surface area contributed by atoms with Crippen molar-refractivity contribution in [2.24, 2.45) is 4.40 Å². The Balaban J connectivity index is 1.40. The number of carbonyl (C=O) groups excluding carboxylic acids is 1. The summed E-state index contributed by atoms with van der Waals surface area (Å²) in [5, 5.41) is 2.78. The third kappa shape index (κ3) is 3.82. The summed E-state index contributed by atoms with van der Waals surface area (Å²) in [5.74, 6) is -0.240. The zero-order valence-electron chi connectivity index (χ0n) is 15.5. The average Bonchev–Trinajstić information content (AvgIpc) is 3.29. The molecule has 0 spiro atoms. The molecule has 2 aliphatic heterocycles. The van der Waals surface area contributed by atoms with Gasteiger partial charge in [-0.05, 0) is 37.1 Å². The predicted octanol–water partition coefficient (Wildman–Crippen LogP) is 1.93. The number of ether oxygens (including phenoxy) is 1. The maximum absolute atomic E-state index is 13.5. The smallest absolute Gasteiger partial charge is 0.285 e. The molecule has 2 heterocycles. The highest BCUT2D eigenvalue weighted by molar-refractivity contribution is 7.90. The molecule has 7 nitrogen and oxygen atoms in total. The van der Waals surface area contributed by atoms with E-state index in [1.165, 1.54) is 18.2 Å². The first-order valence-electron chi connectivity index (χ1n) is 9.33. The molecule has 9 heteroatoms. The monoisotopic (exact) mass is 417 g/mol. The fraction of sp³-hybridized carbons (Fsp3) is 0.300. The number of likely N-dealkylation sites (tertiary alicyclic amines) is 1. The number of sulfonamides is 1. The van der Waals surface area contributed by atoms with Crippen LogP contribution in [0.15, 0.2) is 57.8 Å². The van der Waals surface area contributed by atoms with Crippen LogP contribution < -0.4 is 10.1 Å². The van der Waals surface area contributed by atoms with E-state index < -0.39 is 21.9 Å². The highest BCUT2D eigenvalue weighted by Gasteiger charge is 2.39. The number of rotatable bonds is 5. The molecule has 0 bridgehead atoms. The number of benzene rings is 2. The van der Waals surface area contributed by atoms with Crippen molar-refractivity contribution >= 4 is 21.8 Å². The van der Waals surface area contributed by atoms with E-state index in [0.717, 1.165) is 6.42 Å². The van der Waals surface area contributed by atoms with Crippen LogP contribution in [0.4, 0.5) is 4.39 Å². The molecule has 1 fully saturated rings. The average molecular weight is 417 g/mol. The molecule has 0 aromatic heterocycles. The quantitative estimate of drug-likeness (QED) is 0.751. The molecule has 152 valence electrons. The molecule has 1 N–H and O–H groups in total. The van der Waals surface area contributed by atoms with Gasteiger partial charge in [-0.2, -0.15) is 8.42 Å². The van der Waals surface area contributed by atoms with Gasteiger partial charge in [0.25, 0.3) is 10.0 Å². The number of hydrogen-bond donors (Lipinski definition) is 1. The lowest BCUT2D eigenvalue weighted by molar-refractivity contribution is -0.124. The Labute approximate surface area is 168 Å². The summed E-state index contributed by atoms with van der Waals surface area (Å²) in [6.45, 7) is 0.878. The van der Waals surface area contributed by atoms with E-state index >= 15 is 0 Å². The van der Waals surface area contributed by atoms with Gasteiger partial charge in [0, 0.05) is 12.1 Å². The third-order valence-electron chi connectivity index (χ3n) is 4.94. The molecule has 4 rings (SSSR count). The Bertz CT molecular complexity index is 1070. The molecule has 0 saturated carbocycles. The van der Waals surface area contributed by atoms with Crippen molar-refractivity contribution in [1.82, 2.24) is 10.2 Å². The lowest BCUT2D eigenvalue weighted by Gasteiger charge is -2.25. The minimum atomic E-state index is -3.74. The van der Waals surface area contributed by atoms with Crippen molar-refractivity contribution < 1.29 is 22.3 Å². The summed E-state index contributed by atoms with van der Waals surface area (Å²) in [6.07, 6.45) is 1.35. The summed E-state index contributed by atoms with van der Waals surface area (Å²) in [5.41, 5.74) is 0.523. The van der Waals surface area contributed by atoms with E-state index in [1.807, 2.05) is 0 Å². The van der Waals surface area contributed by atoms with E-state index in [1.54, 1.807) is 35.2 Å². The highest BCUT2D eigenvalue weighted by atomic mass is 32.2. The van der Waals surface area contributed by atoms with E-state index in [-0.39, 0.29) is 29.7 Å². The number of hydrogen-bond acceptors (Lipinski definition) is 5. The molecule has 29 heavy (non-hydrogen) atoms. The summed E-state index contributed by atoms with van der Waals surface area (Å²) >= 11 is 0. The van der Waals surface area contributed by atoms with E-state index in [0.29, 0.717) is 24.4 Å². The second kappa shape index (κ2) is 7.82. The second-order valence-corrected chi connectivity index (χ2v) is 8.38. The van der Waals surface area contributed by atoms with Crippen LogP contribution in [0, 0.1) is 5.82 Å². The molecule has 1 amide bonds. The first-order chi connectivity index (χ1) is 14.0. The van der Waals surface area contributed by atoms with Crippen molar-refractivity contribution in [2.45, 2.75) is 23.8 Å². The zero-order chi connectivity index (χ0) is 20.4. The zero-order valence-corrected chi connectivity index (χ0v) is 16.4. The lowest BCUT2D eigenvalue weighted by atomic mass is 10.1. The van der Waals surface area contributed by atoms with Crippen molar-refractivity contribution in [3.05, 3.63) is 59.9 Å². The molecule has 1 saturated heterocycles. The first-order valence-corrected chi connectivity index (χ1v) is 10.8. The molecule has 2 aromatic rings. The number of carbonyl (C=O) groups is 1. The van der Waals surface area contributed by atoms with Crippen molar-refractivity contribution in [3.63, 3.8) is 0 Å². The van der Waals surface area contributed by atoms with Crippen LogP contribution in [-0.2, 0) is 14.8 Å². The third-order valence-corrected chi connectivity index (χ3v) is 6.26. The van der Waals surface area contributed by atoms with Crippen LogP contribution in [0.2, 0.25) is 0 Å². The molecular weight excluding hydrogens is 397 g/mol. The molecule has 1 atom stereocenters. The lowest BCUT2D eigenvalue weighted by Crippen LogP contribution is -2.46. The largest absolute Gasteiger partial charge is 0.489 e. The van der Waals surface area contributed by atoms with Crippen molar-refractivity contribution in [3.8, 4) is 5.75 Å². The number of amides is 1. The van der Waals surface area contributed by atoms with Gasteiger partial charge >= 0.3 is 0 Å². The topological polar surface area (TPSA) is 88.1 Å². The maximum atomic E-state index is 13.5. The maximum Gasteiger partial charge on any atom is 0.285 e. The summed E-state index contributed by atoms with van der Waals surface area (Å²) in [6, 6.07) is 12.2. The van der Waals surface area contributed by atoms with Crippen LogP contribution in [0.3, 0.4) is 0 Å².